The molecule has 0 aliphatic rings. The van der Waals surface area contributed by atoms with Crippen LogP contribution in [0.5, 0.6) is 5.75 Å². The Kier molecular flexibility index (Phi) is 5.20. The summed E-state index contributed by atoms with van der Waals surface area (Å²) in [5, 5.41) is 0. The maximum absolute atomic E-state index is 11.5. The molecule has 0 aliphatic carbocycles. The lowest BCUT2D eigenvalue weighted by atomic mass is 10.2. The number of nitrogens with zero attached hydrogens (tertiary/aromatic N) is 1. The van der Waals surface area contributed by atoms with E-state index in [0.717, 1.165) is 11.3 Å². The van der Waals surface area contributed by atoms with Crippen LogP contribution in [0.3, 0.4) is 0 Å². The van der Waals surface area contributed by atoms with Gasteiger partial charge in [-0.15, -0.1) is 0 Å². The Hall–Kier alpha value is -1.86. The van der Waals surface area contributed by atoms with Crippen LogP contribution in [0.4, 0.5) is 0 Å². The van der Waals surface area contributed by atoms with Crippen molar-refractivity contribution in [3.8, 4) is 17.2 Å². The zero-order chi connectivity index (χ0) is 16.2. The van der Waals surface area contributed by atoms with Crippen molar-refractivity contribution >= 4 is 10.0 Å². The second kappa shape index (κ2) is 6.93. The van der Waals surface area contributed by atoms with E-state index in [0.29, 0.717) is 24.0 Å². The minimum atomic E-state index is -3.25. The largest absolute Gasteiger partial charge is 0.494 e. The first kappa shape index (κ1) is 16.5. The van der Waals surface area contributed by atoms with E-state index >= 15 is 0 Å². The van der Waals surface area contributed by atoms with Gasteiger partial charge in [0.25, 0.3) is 0 Å². The molecule has 0 atom stereocenters. The molecular weight excluding hydrogens is 304 g/mol. The van der Waals surface area contributed by atoms with Crippen molar-refractivity contribution in [1.82, 2.24) is 9.71 Å². The Bertz CT molecular complexity index is 721. The number of hydrogen-bond acceptors (Lipinski definition) is 5. The van der Waals surface area contributed by atoms with Gasteiger partial charge in [0.15, 0.2) is 0 Å². The molecule has 2 aromatic rings. The summed E-state index contributed by atoms with van der Waals surface area (Å²) in [4.78, 5) is 4.36. The lowest BCUT2D eigenvalue weighted by Crippen LogP contribution is -2.25. The summed E-state index contributed by atoms with van der Waals surface area (Å²) in [6.45, 7) is 6.01. The average Bonchev–Trinajstić information content (AvgIpc) is 2.88. The van der Waals surface area contributed by atoms with Gasteiger partial charge < -0.3 is 9.15 Å². The number of benzene rings is 1. The van der Waals surface area contributed by atoms with Crippen LogP contribution in [-0.4, -0.2) is 25.8 Å². The third kappa shape index (κ3) is 4.08. The van der Waals surface area contributed by atoms with E-state index in [9.17, 15) is 8.42 Å². The number of hydrogen-bond donors (Lipinski definition) is 1. The summed E-state index contributed by atoms with van der Waals surface area (Å²) in [5.41, 5.74) is 1.40. The van der Waals surface area contributed by atoms with E-state index in [2.05, 4.69) is 9.71 Å². The smallest absolute Gasteiger partial charge is 0.226 e. The molecule has 0 saturated heterocycles. The van der Waals surface area contributed by atoms with Gasteiger partial charge in [-0.3, -0.25) is 0 Å². The lowest BCUT2D eigenvalue weighted by Gasteiger charge is -2.02. The normalized spacial score (nSPS) is 11.6. The number of aryl methyl sites for hydroxylation is 1. The van der Waals surface area contributed by atoms with Crippen molar-refractivity contribution in [2.24, 2.45) is 0 Å². The van der Waals surface area contributed by atoms with Crippen molar-refractivity contribution in [3.05, 3.63) is 35.7 Å². The van der Waals surface area contributed by atoms with Gasteiger partial charge >= 0.3 is 0 Å². The highest BCUT2D eigenvalue weighted by atomic mass is 32.2. The fourth-order valence-corrected chi connectivity index (χ4v) is 2.42. The molecule has 1 aromatic heterocycles. The molecule has 22 heavy (non-hydrogen) atoms. The second-order valence-electron chi connectivity index (χ2n) is 4.70. The molecule has 0 amide bonds. The molecular formula is C15H20N2O4S. The van der Waals surface area contributed by atoms with Gasteiger partial charge in [0.1, 0.15) is 11.5 Å². The molecule has 0 unspecified atom stereocenters. The highest BCUT2D eigenvalue weighted by Gasteiger charge is 2.14. The molecule has 1 N–H and O–H groups in total. The van der Waals surface area contributed by atoms with Crippen LogP contribution in [0.15, 0.2) is 28.7 Å². The molecule has 0 fully saturated rings. The Morgan fingerprint density at radius 2 is 1.91 bits per heavy atom. The number of aromatic nitrogens is 1. The predicted octanol–water partition coefficient (Wildman–Crippen LogP) is 2.49. The average molecular weight is 324 g/mol. The number of oxazole rings is 1. The van der Waals surface area contributed by atoms with E-state index in [1.807, 2.05) is 31.2 Å². The molecule has 0 aliphatic heterocycles. The zero-order valence-electron chi connectivity index (χ0n) is 12.9. The van der Waals surface area contributed by atoms with E-state index in [1.165, 1.54) is 0 Å². The Morgan fingerprint density at radius 3 is 2.50 bits per heavy atom. The lowest BCUT2D eigenvalue weighted by molar-refractivity contribution is 0.340. The third-order valence-electron chi connectivity index (χ3n) is 3.14. The van der Waals surface area contributed by atoms with Crippen LogP contribution < -0.4 is 9.46 Å². The van der Waals surface area contributed by atoms with Crippen molar-refractivity contribution in [2.45, 2.75) is 27.3 Å². The van der Waals surface area contributed by atoms with Gasteiger partial charge in [0.2, 0.25) is 15.9 Å². The SMILES string of the molecule is CCOc1ccc(-c2nc(CNS(=O)(=O)CC)c(C)o2)cc1. The van der Waals surface area contributed by atoms with Crippen LogP contribution in [0.2, 0.25) is 0 Å². The quantitative estimate of drug-likeness (QED) is 0.846. The fraction of sp³-hybridized carbons (Fsp3) is 0.400. The number of sulfonamides is 1. The Labute approximate surface area is 130 Å². The van der Waals surface area contributed by atoms with Gasteiger partial charge in [-0.25, -0.2) is 18.1 Å². The third-order valence-corrected chi connectivity index (χ3v) is 4.49. The van der Waals surface area contributed by atoms with Crippen LogP contribution in [0.1, 0.15) is 25.3 Å². The summed E-state index contributed by atoms with van der Waals surface area (Å²) in [6, 6.07) is 7.40. The number of rotatable bonds is 7. The molecule has 0 bridgehead atoms. The van der Waals surface area contributed by atoms with Crippen molar-refractivity contribution in [1.29, 1.82) is 0 Å². The number of ether oxygens (including phenoxy) is 1. The Balaban J connectivity index is 2.15. The Morgan fingerprint density at radius 1 is 1.23 bits per heavy atom. The maximum Gasteiger partial charge on any atom is 0.226 e. The maximum atomic E-state index is 11.5. The van der Waals surface area contributed by atoms with Crippen LogP contribution in [0, 0.1) is 6.92 Å². The molecule has 0 spiro atoms. The highest BCUT2D eigenvalue weighted by Crippen LogP contribution is 2.24. The molecule has 6 nitrogen and oxygen atoms in total. The molecule has 1 aromatic carbocycles. The van der Waals surface area contributed by atoms with Gasteiger partial charge in [-0.2, -0.15) is 0 Å². The molecule has 0 saturated carbocycles. The number of nitrogens with one attached hydrogen (secondary N) is 1. The van der Waals surface area contributed by atoms with E-state index in [1.54, 1.807) is 13.8 Å². The van der Waals surface area contributed by atoms with Crippen LogP contribution >= 0.6 is 0 Å². The molecule has 120 valence electrons. The van der Waals surface area contributed by atoms with Crippen molar-refractivity contribution < 1.29 is 17.6 Å². The van der Waals surface area contributed by atoms with Gasteiger partial charge in [0.05, 0.1) is 24.6 Å². The molecule has 2 rings (SSSR count). The summed E-state index contributed by atoms with van der Waals surface area (Å²) < 4.78 is 36.4. The highest BCUT2D eigenvalue weighted by molar-refractivity contribution is 7.89. The first-order valence-electron chi connectivity index (χ1n) is 7.12. The summed E-state index contributed by atoms with van der Waals surface area (Å²) >= 11 is 0. The van der Waals surface area contributed by atoms with Crippen LogP contribution in [0.25, 0.3) is 11.5 Å². The summed E-state index contributed by atoms with van der Waals surface area (Å²) in [7, 11) is -3.25. The van der Waals surface area contributed by atoms with Crippen molar-refractivity contribution in [2.75, 3.05) is 12.4 Å². The first-order chi connectivity index (χ1) is 10.4. The van der Waals surface area contributed by atoms with Crippen molar-refractivity contribution in [3.63, 3.8) is 0 Å². The van der Waals surface area contributed by atoms with Gasteiger partial charge in [-0.1, -0.05) is 0 Å². The summed E-state index contributed by atoms with van der Waals surface area (Å²) in [5.74, 6) is 1.88. The topological polar surface area (TPSA) is 81.4 Å². The minimum Gasteiger partial charge on any atom is -0.494 e. The molecule has 7 heteroatoms. The second-order valence-corrected chi connectivity index (χ2v) is 6.80. The van der Waals surface area contributed by atoms with Gasteiger partial charge in [-0.05, 0) is 45.0 Å². The minimum absolute atomic E-state index is 0.0373. The standard InChI is InChI=1S/C15H20N2O4S/c1-4-20-13-8-6-12(7-9-13)15-17-14(11(3)21-15)10-16-22(18,19)5-2/h6-9,16H,4-5,10H2,1-3H3. The monoisotopic (exact) mass is 324 g/mol. The van der Waals surface area contributed by atoms with E-state index < -0.39 is 10.0 Å². The molecule has 1 heterocycles. The van der Waals surface area contributed by atoms with Gasteiger partial charge in [0, 0.05) is 5.56 Å². The van der Waals surface area contributed by atoms with Crippen LogP contribution in [-0.2, 0) is 16.6 Å². The zero-order valence-corrected chi connectivity index (χ0v) is 13.7. The molecule has 0 radical (unpaired) electrons. The predicted molar refractivity (Wildman–Crippen MR) is 84.1 cm³/mol. The van der Waals surface area contributed by atoms with E-state index in [4.69, 9.17) is 9.15 Å². The summed E-state index contributed by atoms with van der Waals surface area (Å²) in [6.07, 6.45) is 0. The fourth-order valence-electron chi connectivity index (χ4n) is 1.86. The van der Waals surface area contributed by atoms with E-state index in [-0.39, 0.29) is 12.3 Å². The first-order valence-corrected chi connectivity index (χ1v) is 8.77.